The van der Waals surface area contributed by atoms with Crippen LogP contribution >= 0.6 is 0 Å². The molecule has 0 N–H and O–H groups in total. The molecule has 0 aliphatic heterocycles. The number of hydrogen-bond acceptors (Lipinski definition) is 6. The maximum absolute atomic E-state index is 12.8. The average Bonchev–Trinajstić information content (AvgIpc) is 2.68. The smallest absolute Gasteiger partial charge is 0.305 e. The fraction of sp³-hybridized carbons (Fsp3) is 0.913. The maximum atomic E-state index is 12.8. The monoisotopic (exact) mass is 463 g/mol. The Morgan fingerprint density at radius 3 is 2.06 bits per heavy atom. The van der Waals surface area contributed by atoms with Gasteiger partial charge in [0.25, 0.3) is 0 Å². The van der Waals surface area contributed by atoms with Gasteiger partial charge in [0.15, 0.2) is 0 Å². The molecule has 0 aromatic carbocycles. The largest absolute Gasteiger partial charge is 0.466 e. The highest BCUT2D eigenvalue weighted by Crippen LogP contribution is 2.17. The number of carbonyl (C=O) groups excluding carboxylic acids is 2. The van der Waals surface area contributed by atoms with Gasteiger partial charge in [-0.2, -0.15) is 0 Å². The summed E-state index contributed by atoms with van der Waals surface area (Å²) in [5.74, 6) is -0.455. The summed E-state index contributed by atoms with van der Waals surface area (Å²) < 4.78 is 37.4. The third-order valence-electron chi connectivity index (χ3n) is 5.20. The first kappa shape index (κ1) is 29.9. The summed E-state index contributed by atoms with van der Waals surface area (Å²) in [5.41, 5.74) is 0. The van der Waals surface area contributed by atoms with Gasteiger partial charge in [-0.05, 0) is 59.3 Å². The first-order chi connectivity index (χ1) is 14.6. The van der Waals surface area contributed by atoms with E-state index in [9.17, 15) is 18.0 Å². The lowest BCUT2D eigenvalue weighted by Gasteiger charge is -2.25. The number of carbonyl (C=O) groups is 2. The minimum atomic E-state index is -3.34. The topological polar surface area (TPSA) is 90.0 Å². The highest BCUT2D eigenvalue weighted by molar-refractivity contribution is 7.89. The number of sulfonamides is 1. The summed E-state index contributed by atoms with van der Waals surface area (Å²) >= 11 is 0. The van der Waals surface area contributed by atoms with Crippen LogP contribution in [0.4, 0.5) is 0 Å². The van der Waals surface area contributed by atoms with Crippen molar-refractivity contribution in [1.29, 1.82) is 0 Å². The third-order valence-corrected chi connectivity index (χ3v) is 7.47. The van der Waals surface area contributed by atoms with E-state index in [1.54, 1.807) is 25.1 Å². The highest BCUT2D eigenvalue weighted by Gasteiger charge is 2.25. The molecule has 8 heteroatoms. The van der Waals surface area contributed by atoms with E-state index in [2.05, 4.69) is 6.92 Å². The molecule has 0 bridgehead atoms. The standard InChI is InChI=1S/C23H45NO6S/c1-6-8-11-15-22(30-21(5)25)16-14-19-24(31(27,28)20(3)4)18-13-10-9-12-17-23(26)29-7-2/h20,22H,6-19H2,1-5H3. The van der Waals surface area contributed by atoms with Gasteiger partial charge >= 0.3 is 11.9 Å². The van der Waals surface area contributed by atoms with E-state index in [4.69, 9.17) is 9.47 Å². The van der Waals surface area contributed by atoms with Gasteiger partial charge in [0.05, 0.1) is 11.9 Å². The fourth-order valence-corrected chi connectivity index (χ4v) is 4.79. The molecule has 0 aromatic heterocycles. The van der Waals surface area contributed by atoms with Crippen LogP contribution in [0.1, 0.15) is 105 Å². The van der Waals surface area contributed by atoms with Gasteiger partial charge in [0.1, 0.15) is 6.10 Å². The van der Waals surface area contributed by atoms with E-state index in [-0.39, 0.29) is 18.0 Å². The summed E-state index contributed by atoms with van der Waals surface area (Å²) in [6.45, 7) is 10.1. The van der Waals surface area contributed by atoms with Crippen molar-refractivity contribution < 1.29 is 27.5 Å². The van der Waals surface area contributed by atoms with Crippen LogP contribution in [0.15, 0.2) is 0 Å². The van der Waals surface area contributed by atoms with Crippen LogP contribution in [-0.4, -0.2) is 55.7 Å². The lowest BCUT2D eigenvalue weighted by molar-refractivity contribution is -0.147. The molecule has 31 heavy (non-hydrogen) atoms. The van der Waals surface area contributed by atoms with Crippen molar-refractivity contribution in [3.8, 4) is 0 Å². The van der Waals surface area contributed by atoms with Crippen LogP contribution in [0.5, 0.6) is 0 Å². The van der Waals surface area contributed by atoms with Crippen molar-refractivity contribution in [3.05, 3.63) is 0 Å². The number of rotatable bonds is 19. The van der Waals surface area contributed by atoms with Crippen molar-refractivity contribution in [2.75, 3.05) is 19.7 Å². The molecule has 0 aromatic rings. The molecule has 184 valence electrons. The molecule has 0 radical (unpaired) electrons. The van der Waals surface area contributed by atoms with E-state index < -0.39 is 15.3 Å². The van der Waals surface area contributed by atoms with Crippen LogP contribution in [0, 0.1) is 0 Å². The molecule has 0 spiro atoms. The Kier molecular flexibility index (Phi) is 16.8. The zero-order chi connectivity index (χ0) is 23.7. The first-order valence-electron chi connectivity index (χ1n) is 12.0. The van der Waals surface area contributed by atoms with Gasteiger partial charge in [-0.15, -0.1) is 0 Å². The van der Waals surface area contributed by atoms with Crippen LogP contribution in [-0.2, 0) is 29.1 Å². The fourth-order valence-electron chi connectivity index (χ4n) is 3.42. The Morgan fingerprint density at radius 2 is 1.48 bits per heavy atom. The molecule has 1 atom stereocenters. The Hall–Kier alpha value is -1.15. The summed E-state index contributed by atoms with van der Waals surface area (Å²) in [6.07, 6.45) is 8.92. The molecule has 0 saturated heterocycles. The number of hydrogen-bond donors (Lipinski definition) is 0. The third kappa shape index (κ3) is 14.5. The van der Waals surface area contributed by atoms with E-state index in [1.165, 1.54) is 6.92 Å². The normalized spacial score (nSPS) is 12.9. The number of ether oxygens (including phenoxy) is 2. The summed E-state index contributed by atoms with van der Waals surface area (Å²) in [6, 6.07) is 0. The molecular formula is C23H45NO6S. The van der Waals surface area contributed by atoms with Crippen LogP contribution < -0.4 is 0 Å². The number of unbranched alkanes of at least 4 members (excludes halogenated alkanes) is 5. The Bertz CT molecular complexity index is 591. The van der Waals surface area contributed by atoms with Gasteiger partial charge in [-0.25, -0.2) is 12.7 Å². The summed E-state index contributed by atoms with van der Waals surface area (Å²) in [5, 5.41) is -0.467. The molecule has 0 heterocycles. The Balaban J connectivity index is 4.57. The van der Waals surface area contributed by atoms with Crippen molar-refractivity contribution in [2.45, 2.75) is 117 Å². The molecule has 1 unspecified atom stereocenters. The second-order valence-corrected chi connectivity index (χ2v) is 10.8. The molecule has 0 fully saturated rings. The molecule has 0 amide bonds. The van der Waals surface area contributed by atoms with Crippen molar-refractivity contribution in [1.82, 2.24) is 4.31 Å². The molecular weight excluding hydrogens is 418 g/mol. The lowest BCUT2D eigenvalue weighted by atomic mass is 10.1. The Labute approximate surface area is 190 Å². The predicted octanol–water partition coefficient (Wildman–Crippen LogP) is 4.83. The van der Waals surface area contributed by atoms with Gasteiger partial charge in [-0.1, -0.05) is 32.6 Å². The van der Waals surface area contributed by atoms with Crippen molar-refractivity contribution in [2.24, 2.45) is 0 Å². The molecule has 7 nitrogen and oxygen atoms in total. The molecule has 0 rings (SSSR count). The van der Waals surface area contributed by atoms with Crippen LogP contribution in [0.2, 0.25) is 0 Å². The number of esters is 2. The lowest BCUT2D eigenvalue weighted by Crippen LogP contribution is -2.38. The van der Waals surface area contributed by atoms with Gasteiger partial charge in [0.2, 0.25) is 10.0 Å². The van der Waals surface area contributed by atoms with Crippen molar-refractivity contribution >= 4 is 22.0 Å². The average molecular weight is 464 g/mol. The Morgan fingerprint density at radius 1 is 0.871 bits per heavy atom. The quantitative estimate of drug-likeness (QED) is 0.201. The second-order valence-electron chi connectivity index (χ2n) is 8.33. The zero-order valence-electron chi connectivity index (χ0n) is 20.4. The molecule has 0 saturated carbocycles. The van der Waals surface area contributed by atoms with E-state index in [0.29, 0.717) is 39.0 Å². The highest BCUT2D eigenvalue weighted by atomic mass is 32.2. The predicted molar refractivity (Wildman–Crippen MR) is 124 cm³/mol. The van der Waals surface area contributed by atoms with E-state index in [1.807, 2.05) is 0 Å². The minimum absolute atomic E-state index is 0.143. The number of nitrogens with zero attached hydrogens (tertiary/aromatic N) is 1. The maximum Gasteiger partial charge on any atom is 0.305 e. The van der Waals surface area contributed by atoms with Gasteiger partial charge in [-0.3, -0.25) is 9.59 Å². The minimum Gasteiger partial charge on any atom is -0.466 e. The van der Waals surface area contributed by atoms with Crippen LogP contribution in [0.3, 0.4) is 0 Å². The van der Waals surface area contributed by atoms with E-state index in [0.717, 1.165) is 51.4 Å². The molecule has 0 aliphatic carbocycles. The molecule has 0 aliphatic rings. The van der Waals surface area contributed by atoms with Gasteiger partial charge < -0.3 is 9.47 Å². The van der Waals surface area contributed by atoms with Gasteiger partial charge in [0, 0.05) is 26.4 Å². The first-order valence-corrected chi connectivity index (χ1v) is 13.5. The SMILES string of the molecule is CCCCCC(CCCN(CCCCCCC(=O)OCC)S(=O)(=O)C(C)C)OC(C)=O. The summed E-state index contributed by atoms with van der Waals surface area (Å²) in [4.78, 5) is 22.8. The van der Waals surface area contributed by atoms with Crippen molar-refractivity contribution in [3.63, 3.8) is 0 Å². The van der Waals surface area contributed by atoms with E-state index >= 15 is 0 Å². The zero-order valence-corrected chi connectivity index (χ0v) is 21.2. The van der Waals surface area contributed by atoms with Crippen LogP contribution in [0.25, 0.3) is 0 Å². The summed E-state index contributed by atoms with van der Waals surface area (Å²) in [7, 11) is -3.34. The second kappa shape index (κ2) is 17.4.